The molecular weight excluding hydrogens is 304 g/mol. The number of nitrogens with one attached hydrogen (secondary N) is 1. The third kappa shape index (κ3) is 5.74. The molecule has 1 heterocycles. The topological polar surface area (TPSA) is 47.0 Å². The second-order valence-corrected chi connectivity index (χ2v) is 4.09. The highest BCUT2D eigenvalue weighted by Crippen LogP contribution is 2.36. The number of hydrogen-bond donors (Lipinski definition) is 1. The Morgan fingerprint density at radius 2 is 1.71 bits per heavy atom. The molecule has 0 radical (unpaired) electrons. The normalized spacial score (nSPS) is 12.8. The van der Waals surface area contributed by atoms with Gasteiger partial charge in [-0.25, -0.2) is 4.98 Å². The first-order chi connectivity index (χ1) is 9.64. The van der Waals surface area contributed by atoms with Crippen molar-refractivity contribution in [3.8, 4) is 0 Å². The molecule has 0 aliphatic rings. The molecule has 0 saturated carbocycles. The molecule has 1 N–H and O–H groups in total. The maximum Gasteiger partial charge on any atom is 0.423 e. The van der Waals surface area contributed by atoms with Gasteiger partial charge in [0.25, 0.3) is 0 Å². The summed E-state index contributed by atoms with van der Waals surface area (Å²) in [6.45, 7) is 1.59. The molecule has 0 fully saturated rings. The molecule has 1 aromatic heterocycles. The standard InChI is InChI=1S/C11H13F6N3O/c1-2-3-18-8-5-19-7(4-20-8)6-21-9(10(12,13)14)11(15,16)17/h4-5,9H,2-3,6H2,1H3,(H,18,20). The Balaban J connectivity index is 2.64. The lowest BCUT2D eigenvalue weighted by molar-refractivity contribution is -0.324. The average molecular weight is 317 g/mol. The minimum absolute atomic E-state index is 0.129. The SMILES string of the molecule is CCCNc1cnc(COC(C(F)(F)F)C(F)(F)F)cn1. The Labute approximate surface area is 116 Å². The van der Waals surface area contributed by atoms with Gasteiger partial charge in [0.2, 0.25) is 6.10 Å². The van der Waals surface area contributed by atoms with E-state index in [-0.39, 0.29) is 5.69 Å². The minimum Gasteiger partial charge on any atom is -0.369 e. The molecule has 21 heavy (non-hydrogen) atoms. The number of rotatable bonds is 6. The van der Waals surface area contributed by atoms with Crippen molar-refractivity contribution in [3.63, 3.8) is 0 Å². The zero-order valence-electron chi connectivity index (χ0n) is 10.9. The van der Waals surface area contributed by atoms with E-state index in [9.17, 15) is 26.3 Å². The van der Waals surface area contributed by atoms with Crippen LogP contribution in [0.25, 0.3) is 0 Å². The summed E-state index contributed by atoms with van der Waals surface area (Å²) in [7, 11) is 0. The van der Waals surface area contributed by atoms with Gasteiger partial charge in [-0.05, 0) is 6.42 Å². The molecule has 0 aliphatic carbocycles. The highest BCUT2D eigenvalue weighted by Gasteiger charge is 2.57. The first kappa shape index (κ1) is 17.5. The van der Waals surface area contributed by atoms with Crippen molar-refractivity contribution in [2.45, 2.75) is 38.4 Å². The molecule has 0 aromatic carbocycles. The molecule has 0 atom stereocenters. The Morgan fingerprint density at radius 3 is 2.14 bits per heavy atom. The Bertz CT molecular complexity index is 417. The van der Waals surface area contributed by atoms with E-state index >= 15 is 0 Å². The van der Waals surface area contributed by atoms with Crippen molar-refractivity contribution >= 4 is 5.82 Å². The van der Waals surface area contributed by atoms with E-state index in [0.29, 0.717) is 12.4 Å². The van der Waals surface area contributed by atoms with Crippen molar-refractivity contribution < 1.29 is 31.1 Å². The van der Waals surface area contributed by atoms with Crippen LogP contribution in [0.4, 0.5) is 32.2 Å². The molecule has 120 valence electrons. The monoisotopic (exact) mass is 317 g/mol. The molecule has 4 nitrogen and oxygen atoms in total. The van der Waals surface area contributed by atoms with Gasteiger partial charge >= 0.3 is 12.4 Å². The fourth-order valence-electron chi connectivity index (χ4n) is 1.32. The van der Waals surface area contributed by atoms with Crippen LogP contribution in [0.1, 0.15) is 19.0 Å². The molecular formula is C11H13F6N3O. The van der Waals surface area contributed by atoms with Crippen LogP contribution in [0.15, 0.2) is 12.4 Å². The smallest absolute Gasteiger partial charge is 0.369 e. The van der Waals surface area contributed by atoms with Gasteiger partial charge in [-0.15, -0.1) is 0 Å². The second-order valence-electron chi connectivity index (χ2n) is 4.09. The van der Waals surface area contributed by atoms with Crippen LogP contribution < -0.4 is 5.32 Å². The first-order valence-electron chi connectivity index (χ1n) is 5.94. The largest absolute Gasteiger partial charge is 0.423 e. The van der Waals surface area contributed by atoms with Gasteiger partial charge in [-0.2, -0.15) is 26.3 Å². The van der Waals surface area contributed by atoms with Crippen LogP contribution in [0.2, 0.25) is 0 Å². The summed E-state index contributed by atoms with van der Waals surface area (Å²) < 4.78 is 77.3. The second kappa shape index (κ2) is 6.92. The molecule has 0 bridgehead atoms. The van der Waals surface area contributed by atoms with Gasteiger partial charge in [0.1, 0.15) is 5.82 Å². The summed E-state index contributed by atoms with van der Waals surface area (Å²) in [5.74, 6) is 0.379. The molecule has 1 aromatic rings. The predicted molar refractivity (Wildman–Crippen MR) is 61.5 cm³/mol. The van der Waals surface area contributed by atoms with E-state index in [1.807, 2.05) is 6.92 Å². The summed E-state index contributed by atoms with van der Waals surface area (Å²) in [6.07, 6.45) is -11.8. The zero-order valence-corrected chi connectivity index (χ0v) is 10.9. The lowest BCUT2D eigenvalue weighted by atomic mass is 10.3. The third-order valence-corrected chi connectivity index (χ3v) is 2.25. The number of aromatic nitrogens is 2. The number of alkyl halides is 6. The van der Waals surface area contributed by atoms with E-state index in [1.54, 1.807) is 0 Å². The van der Waals surface area contributed by atoms with Crippen LogP contribution in [-0.2, 0) is 11.3 Å². The van der Waals surface area contributed by atoms with Crippen LogP contribution in [-0.4, -0.2) is 35.0 Å². The lowest BCUT2D eigenvalue weighted by Crippen LogP contribution is -2.44. The fourth-order valence-corrected chi connectivity index (χ4v) is 1.32. The predicted octanol–water partition coefficient (Wildman–Crippen LogP) is 3.31. The van der Waals surface area contributed by atoms with Gasteiger partial charge in [-0.3, -0.25) is 4.98 Å². The first-order valence-corrected chi connectivity index (χ1v) is 5.94. The number of hydrogen-bond acceptors (Lipinski definition) is 4. The number of nitrogens with zero attached hydrogens (tertiary/aromatic N) is 2. The third-order valence-electron chi connectivity index (χ3n) is 2.25. The quantitative estimate of drug-likeness (QED) is 0.818. The Kier molecular flexibility index (Phi) is 5.76. The van der Waals surface area contributed by atoms with Crippen LogP contribution >= 0.6 is 0 Å². The molecule has 0 amide bonds. The number of ether oxygens (including phenoxy) is 1. The van der Waals surface area contributed by atoms with Crippen LogP contribution in [0.3, 0.4) is 0 Å². The van der Waals surface area contributed by atoms with E-state index in [1.165, 1.54) is 6.20 Å². The summed E-state index contributed by atoms with van der Waals surface area (Å²) in [5.41, 5.74) is -0.129. The maximum absolute atomic E-state index is 12.2. The zero-order chi connectivity index (χ0) is 16.1. The summed E-state index contributed by atoms with van der Waals surface area (Å²) in [5, 5.41) is 2.86. The number of anilines is 1. The molecule has 10 heteroatoms. The Morgan fingerprint density at radius 1 is 1.10 bits per heavy atom. The van der Waals surface area contributed by atoms with Crippen molar-refractivity contribution in [1.29, 1.82) is 0 Å². The average Bonchev–Trinajstić information content (AvgIpc) is 2.34. The lowest BCUT2D eigenvalue weighted by Gasteiger charge is -2.22. The summed E-state index contributed by atoms with van der Waals surface area (Å²) in [6, 6.07) is 0. The van der Waals surface area contributed by atoms with Crippen molar-refractivity contribution in [2.75, 3.05) is 11.9 Å². The fraction of sp³-hybridized carbons (Fsp3) is 0.636. The number of halogens is 6. The van der Waals surface area contributed by atoms with Gasteiger partial charge in [0.05, 0.1) is 24.7 Å². The highest BCUT2D eigenvalue weighted by molar-refractivity contribution is 5.30. The molecule has 1 rings (SSSR count). The van der Waals surface area contributed by atoms with Crippen LogP contribution in [0, 0.1) is 0 Å². The van der Waals surface area contributed by atoms with Gasteiger partial charge in [-0.1, -0.05) is 6.92 Å². The highest BCUT2D eigenvalue weighted by atomic mass is 19.4. The van der Waals surface area contributed by atoms with Crippen LogP contribution in [0.5, 0.6) is 0 Å². The molecule has 0 unspecified atom stereocenters. The van der Waals surface area contributed by atoms with E-state index in [2.05, 4.69) is 20.0 Å². The van der Waals surface area contributed by atoms with Gasteiger partial charge in [0, 0.05) is 6.54 Å². The molecule has 0 spiro atoms. The summed E-state index contributed by atoms with van der Waals surface area (Å²) >= 11 is 0. The molecule has 0 aliphatic heterocycles. The van der Waals surface area contributed by atoms with Gasteiger partial charge in [0.15, 0.2) is 0 Å². The van der Waals surface area contributed by atoms with E-state index < -0.39 is 25.1 Å². The molecule has 0 saturated heterocycles. The van der Waals surface area contributed by atoms with Crippen molar-refractivity contribution in [2.24, 2.45) is 0 Å². The van der Waals surface area contributed by atoms with E-state index in [4.69, 9.17) is 0 Å². The maximum atomic E-state index is 12.2. The minimum atomic E-state index is -5.53. The van der Waals surface area contributed by atoms with Gasteiger partial charge < -0.3 is 10.1 Å². The van der Waals surface area contributed by atoms with Crippen molar-refractivity contribution in [3.05, 3.63) is 18.1 Å². The van der Waals surface area contributed by atoms with Crippen molar-refractivity contribution in [1.82, 2.24) is 9.97 Å². The Hall–Kier alpha value is -1.58. The van der Waals surface area contributed by atoms with E-state index in [0.717, 1.165) is 12.6 Å². The summed E-state index contributed by atoms with van der Waals surface area (Å²) in [4.78, 5) is 7.49.